The molecule has 0 spiro atoms. The van der Waals surface area contributed by atoms with E-state index in [1.54, 1.807) is 6.92 Å². The van der Waals surface area contributed by atoms with Crippen LogP contribution in [0, 0.1) is 0 Å². The largest absolute Gasteiger partial charge is 0.389 e. The molecule has 17 heavy (non-hydrogen) atoms. The lowest BCUT2D eigenvalue weighted by Crippen LogP contribution is -2.51. The van der Waals surface area contributed by atoms with E-state index in [0.29, 0.717) is 13.2 Å². The molecule has 1 aliphatic rings. The Bertz CT molecular complexity index is 269. The number of nitrogens with two attached hydrogens (primary N) is 1. The Morgan fingerprint density at radius 1 is 1.59 bits per heavy atom. The molecular formula is C10H17F3N2O2. The Kier molecular flexibility index (Phi) is 4.76. The van der Waals surface area contributed by atoms with Crippen LogP contribution < -0.4 is 5.73 Å². The average molecular weight is 254 g/mol. The third-order valence-corrected chi connectivity index (χ3v) is 2.65. The zero-order chi connectivity index (χ0) is 13.1. The lowest BCUT2D eigenvalue weighted by Gasteiger charge is -2.34. The van der Waals surface area contributed by atoms with Crippen LogP contribution in [0.4, 0.5) is 13.2 Å². The van der Waals surface area contributed by atoms with Crippen molar-refractivity contribution in [3.05, 3.63) is 0 Å². The fourth-order valence-electron chi connectivity index (χ4n) is 1.63. The van der Waals surface area contributed by atoms with Crippen molar-refractivity contribution in [1.29, 1.82) is 0 Å². The van der Waals surface area contributed by atoms with Crippen LogP contribution in [0.1, 0.15) is 19.8 Å². The molecule has 7 heteroatoms. The highest BCUT2D eigenvalue weighted by Crippen LogP contribution is 2.22. The smallest absolute Gasteiger partial charge is 0.373 e. The molecule has 0 aromatic carbocycles. The number of ether oxygens (including phenoxy) is 1. The van der Waals surface area contributed by atoms with Gasteiger partial charge < -0.3 is 15.4 Å². The molecule has 4 nitrogen and oxygen atoms in total. The molecule has 0 radical (unpaired) electrons. The normalized spacial score (nSPS) is 23.6. The molecule has 2 N–H and O–H groups in total. The SMILES string of the molecule is C[C@H](N)[C@H]1CN(C(=O)CCC(F)(F)F)CCO1. The molecule has 1 rings (SSSR count). The molecule has 0 unspecified atom stereocenters. The molecule has 100 valence electrons. The average Bonchev–Trinajstić information content (AvgIpc) is 2.25. The molecule has 0 aromatic rings. The summed E-state index contributed by atoms with van der Waals surface area (Å²) in [4.78, 5) is 12.9. The fourth-order valence-corrected chi connectivity index (χ4v) is 1.63. The van der Waals surface area contributed by atoms with Crippen LogP contribution in [0.2, 0.25) is 0 Å². The Morgan fingerprint density at radius 2 is 2.24 bits per heavy atom. The van der Waals surface area contributed by atoms with E-state index in [0.717, 1.165) is 0 Å². The van der Waals surface area contributed by atoms with Gasteiger partial charge in [0.1, 0.15) is 0 Å². The van der Waals surface area contributed by atoms with Gasteiger partial charge >= 0.3 is 6.18 Å². The van der Waals surface area contributed by atoms with Crippen LogP contribution in [0.5, 0.6) is 0 Å². The number of nitrogens with zero attached hydrogens (tertiary/aromatic N) is 1. The second kappa shape index (κ2) is 5.68. The van der Waals surface area contributed by atoms with E-state index in [9.17, 15) is 18.0 Å². The number of alkyl halides is 3. The summed E-state index contributed by atoms with van der Waals surface area (Å²) >= 11 is 0. The van der Waals surface area contributed by atoms with Crippen LogP contribution in [0.3, 0.4) is 0 Å². The van der Waals surface area contributed by atoms with Gasteiger partial charge in [0.2, 0.25) is 5.91 Å². The molecule has 1 aliphatic heterocycles. The summed E-state index contributed by atoms with van der Waals surface area (Å²) in [5.41, 5.74) is 5.63. The molecule has 1 heterocycles. The van der Waals surface area contributed by atoms with E-state index in [-0.39, 0.29) is 18.7 Å². The summed E-state index contributed by atoms with van der Waals surface area (Å²) in [5, 5.41) is 0. The van der Waals surface area contributed by atoms with E-state index in [4.69, 9.17) is 10.5 Å². The zero-order valence-corrected chi connectivity index (χ0v) is 9.67. The summed E-state index contributed by atoms with van der Waals surface area (Å²) in [6.07, 6.45) is -6.16. The molecule has 0 aromatic heterocycles. The second-order valence-corrected chi connectivity index (χ2v) is 4.22. The summed E-state index contributed by atoms with van der Waals surface area (Å²) in [7, 11) is 0. The summed E-state index contributed by atoms with van der Waals surface area (Å²) in [6.45, 7) is 2.67. The third kappa shape index (κ3) is 4.91. The molecule has 0 aliphatic carbocycles. The predicted octanol–water partition coefficient (Wildman–Crippen LogP) is 0.903. The third-order valence-electron chi connectivity index (χ3n) is 2.65. The standard InChI is InChI=1S/C10H17F3N2O2/c1-7(14)8-6-15(4-5-17-8)9(16)2-3-10(11,12)13/h7-8H,2-6,14H2,1H3/t7-,8+/m0/s1. The zero-order valence-electron chi connectivity index (χ0n) is 9.67. The Labute approximate surface area is 97.9 Å². The van der Waals surface area contributed by atoms with Gasteiger partial charge in [-0.05, 0) is 6.92 Å². The van der Waals surface area contributed by atoms with Crippen molar-refractivity contribution in [1.82, 2.24) is 4.90 Å². The van der Waals surface area contributed by atoms with Crippen molar-refractivity contribution < 1.29 is 22.7 Å². The molecule has 1 fully saturated rings. The number of morpholine rings is 1. The van der Waals surface area contributed by atoms with Gasteiger partial charge in [-0.25, -0.2) is 0 Å². The first-order chi connectivity index (χ1) is 7.79. The minimum Gasteiger partial charge on any atom is -0.373 e. The van der Waals surface area contributed by atoms with Crippen LogP contribution in [-0.2, 0) is 9.53 Å². The highest BCUT2D eigenvalue weighted by atomic mass is 19.4. The Balaban J connectivity index is 2.41. The monoisotopic (exact) mass is 254 g/mol. The number of carbonyl (C=O) groups is 1. The van der Waals surface area contributed by atoms with E-state index >= 15 is 0 Å². The summed E-state index contributed by atoms with van der Waals surface area (Å²) < 4.78 is 41.2. The van der Waals surface area contributed by atoms with E-state index in [1.807, 2.05) is 0 Å². The molecule has 1 amide bonds. The lowest BCUT2D eigenvalue weighted by molar-refractivity contribution is -0.153. The minimum atomic E-state index is -4.29. The van der Waals surface area contributed by atoms with Crippen LogP contribution in [0.15, 0.2) is 0 Å². The van der Waals surface area contributed by atoms with Crippen molar-refractivity contribution in [2.24, 2.45) is 5.73 Å². The lowest BCUT2D eigenvalue weighted by atomic mass is 10.1. The first-order valence-electron chi connectivity index (χ1n) is 5.51. The maximum absolute atomic E-state index is 12.0. The molecule has 1 saturated heterocycles. The van der Waals surface area contributed by atoms with Gasteiger partial charge in [-0.15, -0.1) is 0 Å². The van der Waals surface area contributed by atoms with E-state index < -0.39 is 24.9 Å². The van der Waals surface area contributed by atoms with Gasteiger partial charge in [0.25, 0.3) is 0 Å². The van der Waals surface area contributed by atoms with Crippen LogP contribution in [-0.4, -0.2) is 48.8 Å². The predicted molar refractivity (Wildman–Crippen MR) is 55.3 cm³/mol. The maximum atomic E-state index is 12.0. The number of halogens is 3. The van der Waals surface area contributed by atoms with Gasteiger partial charge in [0.15, 0.2) is 0 Å². The molecule has 2 atom stereocenters. The van der Waals surface area contributed by atoms with Gasteiger partial charge in [-0.1, -0.05) is 0 Å². The first kappa shape index (κ1) is 14.2. The Morgan fingerprint density at radius 3 is 2.76 bits per heavy atom. The van der Waals surface area contributed by atoms with Crippen molar-refractivity contribution >= 4 is 5.91 Å². The molecular weight excluding hydrogens is 237 g/mol. The Hall–Kier alpha value is -0.820. The topological polar surface area (TPSA) is 55.6 Å². The highest BCUT2D eigenvalue weighted by Gasteiger charge is 2.31. The van der Waals surface area contributed by atoms with Gasteiger partial charge in [-0.2, -0.15) is 13.2 Å². The van der Waals surface area contributed by atoms with Gasteiger partial charge in [0, 0.05) is 25.6 Å². The van der Waals surface area contributed by atoms with E-state index in [1.165, 1.54) is 4.90 Å². The fraction of sp³-hybridized carbons (Fsp3) is 0.900. The summed E-state index contributed by atoms with van der Waals surface area (Å²) in [5.74, 6) is -0.490. The molecule has 0 saturated carbocycles. The minimum absolute atomic E-state index is 0.242. The highest BCUT2D eigenvalue weighted by molar-refractivity contribution is 5.76. The number of amides is 1. The number of rotatable bonds is 3. The van der Waals surface area contributed by atoms with Crippen molar-refractivity contribution in [3.8, 4) is 0 Å². The first-order valence-corrected chi connectivity index (χ1v) is 5.51. The maximum Gasteiger partial charge on any atom is 0.389 e. The number of carbonyl (C=O) groups excluding carboxylic acids is 1. The number of hydrogen-bond donors (Lipinski definition) is 1. The van der Waals surface area contributed by atoms with Crippen molar-refractivity contribution in [2.75, 3.05) is 19.7 Å². The van der Waals surface area contributed by atoms with Gasteiger partial charge in [-0.3, -0.25) is 4.79 Å². The summed E-state index contributed by atoms with van der Waals surface area (Å²) in [6, 6.07) is -0.242. The van der Waals surface area contributed by atoms with Gasteiger partial charge in [0.05, 0.1) is 19.1 Å². The quantitative estimate of drug-likeness (QED) is 0.814. The van der Waals surface area contributed by atoms with Crippen LogP contribution in [0.25, 0.3) is 0 Å². The number of hydrogen-bond acceptors (Lipinski definition) is 3. The van der Waals surface area contributed by atoms with Crippen molar-refractivity contribution in [2.45, 2.75) is 38.1 Å². The van der Waals surface area contributed by atoms with Crippen molar-refractivity contribution in [3.63, 3.8) is 0 Å². The second-order valence-electron chi connectivity index (χ2n) is 4.22. The molecule has 0 bridgehead atoms. The van der Waals surface area contributed by atoms with E-state index in [2.05, 4.69) is 0 Å². The van der Waals surface area contributed by atoms with Crippen LogP contribution >= 0.6 is 0 Å².